The minimum atomic E-state index is -3.72. The predicted octanol–water partition coefficient (Wildman–Crippen LogP) is 3.34. The van der Waals surface area contributed by atoms with E-state index in [4.69, 9.17) is 0 Å². The fraction of sp³-hybridized carbons (Fsp3) is 0.435. The SMILES string of the molecule is CC(C)CNc1cc(C(=O)NC2Cc3ccccc3C2)cc(S(=O)(=O)NC(C)C)c1. The van der Waals surface area contributed by atoms with Crippen LogP contribution in [-0.4, -0.2) is 33.0 Å². The van der Waals surface area contributed by atoms with E-state index in [0.717, 1.165) is 12.8 Å². The largest absolute Gasteiger partial charge is 0.385 e. The summed E-state index contributed by atoms with van der Waals surface area (Å²) < 4.78 is 28.1. The second-order valence-electron chi connectivity index (χ2n) is 8.64. The van der Waals surface area contributed by atoms with Gasteiger partial charge in [0, 0.05) is 29.9 Å². The molecule has 0 saturated carbocycles. The molecule has 0 radical (unpaired) electrons. The first kappa shape index (κ1) is 22.3. The Labute approximate surface area is 179 Å². The van der Waals surface area contributed by atoms with Gasteiger partial charge in [-0.05, 0) is 61.9 Å². The van der Waals surface area contributed by atoms with E-state index in [9.17, 15) is 13.2 Å². The maximum absolute atomic E-state index is 13.0. The Morgan fingerprint density at radius 2 is 1.67 bits per heavy atom. The molecule has 0 spiro atoms. The molecule has 0 atom stereocenters. The Balaban J connectivity index is 1.84. The number of benzene rings is 2. The molecule has 0 unspecified atom stereocenters. The molecule has 30 heavy (non-hydrogen) atoms. The average Bonchev–Trinajstić information content (AvgIpc) is 3.07. The number of hydrogen-bond donors (Lipinski definition) is 3. The molecule has 1 amide bonds. The Morgan fingerprint density at radius 1 is 1.03 bits per heavy atom. The molecular formula is C23H31N3O3S. The number of sulfonamides is 1. The van der Waals surface area contributed by atoms with Crippen LogP contribution in [0.2, 0.25) is 0 Å². The Hall–Kier alpha value is -2.38. The number of hydrogen-bond acceptors (Lipinski definition) is 4. The molecule has 0 aromatic heterocycles. The van der Waals surface area contributed by atoms with Gasteiger partial charge in [0.1, 0.15) is 0 Å². The summed E-state index contributed by atoms with van der Waals surface area (Å²) in [5.41, 5.74) is 3.46. The Morgan fingerprint density at radius 3 is 2.23 bits per heavy atom. The van der Waals surface area contributed by atoms with E-state index in [1.54, 1.807) is 26.0 Å². The van der Waals surface area contributed by atoms with Crippen LogP contribution < -0.4 is 15.4 Å². The van der Waals surface area contributed by atoms with Crippen LogP contribution in [0.4, 0.5) is 5.69 Å². The fourth-order valence-electron chi connectivity index (χ4n) is 3.62. The van der Waals surface area contributed by atoms with Gasteiger partial charge in [-0.25, -0.2) is 13.1 Å². The number of rotatable bonds is 8. The molecule has 0 saturated heterocycles. The van der Waals surface area contributed by atoms with Gasteiger partial charge >= 0.3 is 0 Å². The van der Waals surface area contributed by atoms with Gasteiger partial charge in [0.2, 0.25) is 10.0 Å². The third-order valence-corrected chi connectivity index (χ3v) is 6.61. The lowest BCUT2D eigenvalue weighted by atomic mass is 10.1. The lowest BCUT2D eigenvalue weighted by Crippen LogP contribution is -2.35. The Kier molecular flexibility index (Phi) is 6.83. The second-order valence-corrected chi connectivity index (χ2v) is 10.4. The highest BCUT2D eigenvalue weighted by molar-refractivity contribution is 7.89. The molecule has 3 rings (SSSR count). The average molecular weight is 430 g/mol. The number of carbonyl (C=O) groups excluding carboxylic acids is 1. The first-order chi connectivity index (χ1) is 14.1. The molecule has 2 aromatic carbocycles. The third-order valence-electron chi connectivity index (χ3n) is 4.97. The van der Waals surface area contributed by atoms with Crippen molar-refractivity contribution in [1.29, 1.82) is 0 Å². The zero-order valence-corrected chi connectivity index (χ0v) is 18.8. The minimum absolute atomic E-state index is 0.0102. The molecule has 7 heteroatoms. The predicted molar refractivity (Wildman–Crippen MR) is 120 cm³/mol. The Bertz CT molecular complexity index is 991. The molecule has 6 nitrogen and oxygen atoms in total. The fourth-order valence-corrected chi connectivity index (χ4v) is 4.94. The van der Waals surface area contributed by atoms with E-state index in [1.807, 2.05) is 12.1 Å². The van der Waals surface area contributed by atoms with E-state index < -0.39 is 10.0 Å². The maximum Gasteiger partial charge on any atom is 0.251 e. The van der Waals surface area contributed by atoms with Crippen LogP contribution in [0.25, 0.3) is 0 Å². The molecule has 0 aliphatic heterocycles. The molecule has 1 aliphatic carbocycles. The molecule has 1 aliphatic rings. The van der Waals surface area contributed by atoms with Crippen LogP contribution >= 0.6 is 0 Å². The molecule has 0 bridgehead atoms. The smallest absolute Gasteiger partial charge is 0.251 e. The van der Waals surface area contributed by atoms with Crippen LogP contribution in [0.15, 0.2) is 47.4 Å². The summed E-state index contributed by atoms with van der Waals surface area (Å²) in [5.74, 6) is 0.121. The molecule has 0 fully saturated rings. The highest BCUT2D eigenvalue weighted by Crippen LogP contribution is 2.23. The van der Waals surface area contributed by atoms with Gasteiger partial charge < -0.3 is 10.6 Å². The monoisotopic (exact) mass is 429 g/mol. The van der Waals surface area contributed by atoms with Crippen LogP contribution in [0.5, 0.6) is 0 Å². The first-order valence-electron chi connectivity index (χ1n) is 10.4. The highest BCUT2D eigenvalue weighted by Gasteiger charge is 2.24. The second kappa shape index (κ2) is 9.18. The van der Waals surface area contributed by atoms with E-state index >= 15 is 0 Å². The van der Waals surface area contributed by atoms with Crippen LogP contribution in [0.1, 0.15) is 49.2 Å². The topological polar surface area (TPSA) is 87.3 Å². The zero-order chi connectivity index (χ0) is 21.9. The van der Waals surface area contributed by atoms with E-state index in [-0.39, 0.29) is 22.9 Å². The minimum Gasteiger partial charge on any atom is -0.385 e. The lowest BCUT2D eigenvalue weighted by molar-refractivity contribution is 0.0938. The standard InChI is InChI=1S/C23H31N3O3S/c1-15(2)14-24-20-11-19(12-22(13-20)30(28,29)26-16(3)4)23(27)25-21-9-17-7-5-6-8-18(17)10-21/h5-8,11-13,15-16,21,24,26H,9-10,14H2,1-4H3,(H,25,27). The summed E-state index contributed by atoms with van der Waals surface area (Å²) in [6.07, 6.45) is 1.57. The van der Waals surface area contributed by atoms with E-state index in [0.29, 0.717) is 23.7 Å². The third kappa shape index (κ3) is 5.61. The van der Waals surface area contributed by atoms with Crippen LogP contribution in [0.3, 0.4) is 0 Å². The van der Waals surface area contributed by atoms with Crippen molar-refractivity contribution >= 4 is 21.6 Å². The highest BCUT2D eigenvalue weighted by atomic mass is 32.2. The van der Waals surface area contributed by atoms with Gasteiger partial charge in [-0.3, -0.25) is 4.79 Å². The zero-order valence-electron chi connectivity index (χ0n) is 18.0. The van der Waals surface area contributed by atoms with Crippen molar-refractivity contribution in [3.63, 3.8) is 0 Å². The van der Waals surface area contributed by atoms with Crippen molar-refractivity contribution in [3.05, 3.63) is 59.2 Å². The van der Waals surface area contributed by atoms with Crippen molar-refractivity contribution < 1.29 is 13.2 Å². The van der Waals surface area contributed by atoms with Gasteiger partial charge in [-0.15, -0.1) is 0 Å². The van der Waals surface area contributed by atoms with Gasteiger partial charge in [-0.1, -0.05) is 38.1 Å². The van der Waals surface area contributed by atoms with Crippen LogP contribution in [-0.2, 0) is 22.9 Å². The molecule has 3 N–H and O–H groups in total. The summed E-state index contributed by atoms with van der Waals surface area (Å²) >= 11 is 0. The molecule has 2 aromatic rings. The summed E-state index contributed by atoms with van der Waals surface area (Å²) in [5, 5.41) is 6.31. The van der Waals surface area contributed by atoms with Crippen molar-refractivity contribution in [2.24, 2.45) is 5.92 Å². The number of amides is 1. The maximum atomic E-state index is 13.0. The van der Waals surface area contributed by atoms with Crippen molar-refractivity contribution in [2.75, 3.05) is 11.9 Å². The quantitative estimate of drug-likeness (QED) is 0.601. The van der Waals surface area contributed by atoms with Crippen molar-refractivity contribution in [3.8, 4) is 0 Å². The molecular weight excluding hydrogens is 398 g/mol. The summed E-state index contributed by atoms with van der Waals surface area (Å²) in [4.78, 5) is 13.1. The van der Waals surface area contributed by atoms with Gasteiger partial charge in [0.15, 0.2) is 0 Å². The van der Waals surface area contributed by atoms with Crippen molar-refractivity contribution in [2.45, 2.75) is 57.5 Å². The molecule has 162 valence electrons. The van der Waals surface area contributed by atoms with Crippen LogP contribution in [0, 0.1) is 5.92 Å². The van der Waals surface area contributed by atoms with Crippen molar-refractivity contribution in [1.82, 2.24) is 10.0 Å². The summed E-state index contributed by atoms with van der Waals surface area (Å²) in [6.45, 7) is 8.35. The van der Waals surface area contributed by atoms with Gasteiger partial charge in [0.25, 0.3) is 5.91 Å². The normalized spacial score (nSPS) is 14.2. The summed E-state index contributed by atoms with van der Waals surface area (Å²) in [7, 11) is -3.72. The first-order valence-corrected chi connectivity index (χ1v) is 11.9. The van der Waals surface area contributed by atoms with E-state index in [2.05, 4.69) is 41.3 Å². The number of anilines is 1. The molecule has 0 heterocycles. The lowest BCUT2D eigenvalue weighted by Gasteiger charge is -2.16. The number of nitrogens with one attached hydrogen (secondary N) is 3. The van der Waals surface area contributed by atoms with Gasteiger partial charge in [0.05, 0.1) is 4.90 Å². The van der Waals surface area contributed by atoms with Gasteiger partial charge in [-0.2, -0.15) is 0 Å². The van der Waals surface area contributed by atoms with E-state index in [1.165, 1.54) is 17.2 Å². The number of fused-ring (bicyclic) bond motifs is 1. The summed E-state index contributed by atoms with van der Waals surface area (Å²) in [6, 6.07) is 12.7. The number of carbonyl (C=O) groups is 1.